The van der Waals surface area contributed by atoms with Crippen LogP contribution in [0, 0.1) is 5.92 Å². The highest BCUT2D eigenvalue weighted by Gasteiger charge is 2.27. The lowest BCUT2D eigenvalue weighted by molar-refractivity contribution is -0.113. The third-order valence-electron chi connectivity index (χ3n) is 5.19. The van der Waals surface area contributed by atoms with E-state index in [1.165, 1.54) is 30.0 Å². The number of hydrogen-bond donors (Lipinski definition) is 3. The number of nitrogens with one attached hydrogen (secondary N) is 2. The Kier molecular flexibility index (Phi) is 9.36. The fourth-order valence-electron chi connectivity index (χ4n) is 3.41. The summed E-state index contributed by atoms with van der Waals surface area (Å²) in [5.41, 5.74) is 0.770. The molecule has 1 heterocycles. The summed E-state index contributed by atoms with van der Waals surface area (Å²) < 4.78 is 1.84. The molecule has 0 aliphatic heterocycles. The van der Waals surface area contributed by atoms with Crippen molar-refractivity contribution in [3.8, 4) is 0 Å². The number of carbonyl (C=O) groups is 3. The van der Waals surface area contributed by atoms with Gasteiger partial charge in [0.15, 0.2) is 11.0 Å². The van der Waals surface area contributed by atoms with Crippen molar-refractivity contribution in [2.45, 2.75) is 38.5 Å². The van der Waals surface area contributed by atoms with Crippen molar-refractivity contribution < 1.29 is 19.5 Å². The first-order valence-corrected chi connectivity index (χ1v) is 12.8. The van der Waals surface area contributed by atoms with E-state index >= 15 is 0 Å². The zero-order valence-electron chi connectivity index (χ0n) is 19.8. The van der Waals surface area contributed by atoms with Gasteiger partial charge in [0, 0.05) is 17.3 Å². The molecule has 3 rings (SSSR count). The summed E-state index contributed by atoms with van der Waals surface area (Å²) in [5.74, 6) is -1.18. The molecule has 190 valence electrons. The first-order chi connectivity index (χ1) is 17.1. The van der Waals surface area contributed by atoms with Gasteiger partial charge in [-0.2, -0.15) is 0 Å². The zero-order chi connectivity index (χ0) is 26.4. The molecule has 0 aliphatic carbocycles. The minimum Gasteiger partial charge on any atom is -0.478 e. The average molecular weight is 550 g/mol. The average Bonchev–Trinajstić information content (AvgIpc) is 3.23. The number of anilines is 1. The Bertz CT molecular complexity index is 1280. The molecule has 0 unspecified atom stereocenters. The molecule has 3 N–H and O–H groups in total. The first kappa shape index (κ1) is 27.5. The highest BCUT2D eigenvalue weighted by molar-refractivity contribution is 7.99. The Balaban J connectivity index is 1.72. The molecule has 0 fully saturated rings. The molecule has 1 atom stereocenters. The molecule has 0 saturated carbocycles. The Morgan fingerprint density at radius 1 is 1.11 bits per heavy atom. The lowest BCUT2D eigenvalue weighted by Crippen LogP contribution is -2.34. The number of hydrogen-bond acceptors (Lipinski definition) is 6. The molecule has 9 nitrogen and oxygen atoms in total. The van der Waals surface area contributed by atoms with E-state index in [1.54, 1.807) is 24.3 Å². The van der Waals surface area contributed by atoms with E-state index in [4.69, 9.17) is 28.3 Å². The molecule has 1 aromatic heterocycles. The Morgan fingerprint density at radius 3 is 2.50 bits per heavy atom. The van der Waals surface area contributed by atoms with Gasteiger partial charge in [0.05, 0.1) is 27.9 Å². The third-order valence-corrected chi connectivity index (χ3v) is 6.71. The molecule has 2 amide bonds. The fraction of sp³-hybridized carbons (Fsp3) is 0.292. The van der Waals surface area contributed by atoms with E-state index in [2.05, 4.69) is 20.8 Å². The molecule has 36 heavy (non-hydrogen) atoms. The summed E-state index contributed by atoms with van der Waals surface area (Å²) in [6.45, 7) is 6.35. The second kappa shape index (κ2) is 12.2. The molecule has 0 spiro atoms. The van der Waals surface area contributed by atoms with E-state index < -0.39 is 12.0 Å². The predicted octanol–water partition coefficient (Wildman–Crippen LogP) is 5.16. The topological polar surface area (TPSA) is 126 Å². The van der Waals surface area contributed by atoms with Crippen LogP contribution in [0.15, 0.2) is 47.6 Å². The van der Waals surface area contributed by atoms with Crippen LogP contribution < -0.4 is 10.6 Å². The van der Waals surface area contributed by atoms with Crippen molar-refractivity contribution in [2.24, 2.45) is 5.92 Å². The number of halogens is 2. The van der Waals surface area contributed by atoms with E-state index in [-0.39, 0.29) is 34.1 Å². The molecular formula is C24H25Cl2N5O4S. The van der Waals surface area contributed by atoms with Gasteiger partial charge in [-0.05, 0) is 49.2 Å². The quantitative estimate of drug-likeness (QED) is 0.298. The first-order valence-electron chi connectivity index (χ1n) is 11.1. The SMILES string of the molecule is CCn1c(SCC(=O)Nc2cccc(C(=O)O)c2)nnc1[C@@H](NC(=O)c1ccc(Cl)cc1Cl)C(C)C. The third kappa shape index (κ3) is 6.77. The zero-order valence-corrected chi connectivity index (χ0v) is 22.1. The Labute approximate surface area is 222 Å². The summed E-state index contributed by atoms with van der Waals surface area (Å²) in [6, 6.07) is 10.2. The number of amides is 2. The maximum Gasteiger partial charge on any atom is 0.335 e. The monoisotopic (exact) mass is 549 g/mol. The van der Waals surface area contributed by atoms with Crippen LogP contribution >= 0.6 is 35.0 Å². The maximum absolute atomic E-state index is 12.9. The molecule has 3 aromatic rings. The van der Waals surface area contributed by atoms with Gasteiger partial charge in [-0.25, -0.2) is 4.79 Å². The number of nitrogens with zero attached hydrogens (tertiary/aromatic N) is 3. The number of thioether (sulfide) groups is 1. The van der Waals surface area contributed by atoms with Crippen molar-refractivity contribution in [1.29, 1.82) is 0 Å². The molecule has 12 heteroatoms. The van der Waals surface area contributed by atoms with Crippen molar-refractivity contribution in [3.63, 3.8) is 0 Å². The molecule has 0 saturated heterocycles. The van der Waals surface area contributed by atoms with Crippen LogP contribution in [0.25, 0.3) is 0 Å². The van der Waals surface area contributed by atoms with Crippen LogP contribution in [-0.4, -0.2) is 43.4 Å². The number of carboxylic acid groups (broad SMARTS) is 1. The standard InChI is InChI=1S/C24H25Cl2N5O4S/c1-4-31-21(20(13(2)3)28-22(33)17-9-8-15(25)11-18(17)26)29-30-24(31)36-12-19(32)27-16-7-5-6-14(10-16)23(34)35/h5-11,13,20H,4,12H2,1-3H3,(H,27,32)(H,28,33)(H,34,35)/t20-/m0/s1. The van der Waals surface area contributed by atoms with Crippen molar-refractivity contribution in [2.75, 3.05) is 11.1 Å². The fourth-order valence-corrected chi connectivity index (χ4v) is 4.72. The minimum absolute atomic E-state index is 0.0165. The second-order valence-corrected chi connectivity index (χ2v) is 9.91. The summed E-state index contributed by atoms with van der Waals surface area (Å²) >= 11 is 13.3. The number of rotatable bonds is 10. The van der Waals surface area contributed by atoms with Gasteiger partial charge < -0.3 is 20.3 Å². The van der Waals surface area contributed by atoms with Crippen molar-refractivity contribution >= 4 is 58.4 Å². The lowest BCUT2D eigenvalue weighted by atomic mass is 10.0. The molecular weight excluding hydrogens is 525 g/mol. The van der Waals surface area contributed by atoms with Gasteiger partial charge >= 0.3 is 5.97 Å². The number of benzene rings is 2. The van der Waals surface area contributed by atoms with Gasteiger partial charge in [-0.3, -0.25) is 9.59 Å². The largest absolute Gasteiger partial charge is 0.478 e. The summed E-state index contributed by atoms with van der Waals surface area (Å²) in [4.78, 5) is 36.5. The van der Waals surface area contributed by atoms with E-state index in [9.17, 15) is 14.4 Å². The Hall–Kier alpha value is -3.08. The molecule has 0 aliphatic rings. The number of aromatic carboxylic acids is 1. The number of aromatic nitrogens is 3. The van der Waals surface area contributed by atoms with Crippen LogP contribution in [-0.2, 0) is 11.3 Å². The van der Waals surface area contributed by atoms with Crippen molar-refractivity contribution in [3.05, 3.63) is 69.5 Å². The lowest BCUT2D eigenvalue weighted by Gasteiger charge is -2.22. The normalized spacial score (nSPS) is 11.8. The molecule has 2 aromatic carbocycles. The van der Waals surface area contributed by atoms with Gasteiger partial charge in [0.25, 0.3) is 5.91 Å². The maximum atomic E-state index is 12.9. The van der Waals surface area contributed by atoms with E-state index in [0.717, 1.165) is 0 Å². The van der Waals surface area contributed by atoms with Gasteiger partial charge in [-0.1, -0.05) is 54.9 Å². The van der Waals surface area contributed by atoms with Gasteiger partial charge in [-0.15, -0.1) is 10.2 Å². The summed E-state index contributed by atoms with van der Waals surface area (Å²) in [6.07, 6.45) is 0. The van der Waals surface area contributed by atoms with Crippen molar-refractivity contribution in [1.82, 2.24) is 20.1 Å². The predicted molar refractivity (Wildman–Crippen MR) is 140 cm³/mol. The van der Waals surface area contributed by atoms with E-state index in [1.807, 2.05) is 25.3 Å². The van der Waals surface area contributed by atoms with Crippen LogP contribution in [0.2, 0.25) is 10.0 Å². The van der Waals surface area contributed by atoms with Crippen LogP contribution in [0.1, 0.15) is 53.4 Å². The van der Waals surface area contributed by atoms with E-state index in [0.29, 0.717) is 33.8 Å². The molecule has 0 bridgehead atoms. The van der Waals surface area contributed by atoms with Crippen LogP contribution in [0.3, 0.4) is 0 Å². The number of carboxylic acids is 1. The smallest absolute Gasteiger partial charge is 0.335 e. The molecule has 0 radical (unpaired) electrons. The van der Waals surface area contributed by atoms with Gasteiger partial charge in [0.2, 0.25) is 5.91 Å². The highest BCUT2D eigenvalue weighted by atomic mass is 35.5. The second-order valence-electron chi connectivity index (χ2n) is 8.13. The van der Waals surface area contributed by atoms with Crippen LogP contribution in [0.4, 0.5) is 5.69 Å². The van der Waals surface area contributed by atoms with Crippen LogP contribution in [0.5, 0.6) is 0 Å². The highest BCUT2D eigenvalue weighted by Crippen LogP contribution is 2.27. The Morgan fingerprint density at radius 2 is 1.86 bits per heavy atom. The van der Waals surface area contributed by atoms with Gasteiger partial charge in [0.1, 0.15) is 0 Å². The minimum atomic E-state index is -1.07. The number of carbonyl (C=O) groups excluding carboxylic acids is 2. The summed E-state index contributed by atoms with van der Waals surface area (Å²) in [5, 5.41) is 24.5. The summed E-state index contributed by atoms with van der Waals surface area (Å²) in [7, 11) is 0.